The molecule has 0 unspecified atom stereocenters. The zero-order valence-corrected chi connectivity index (χ0v) is 15.0. The zero-order chi connectivity index (χ0) is 18.5. The lowest BCUT2D eigenvalue weighted by Gasteiger charge is -2.27. The Bertz CT molecular complexity index is 751. The minimum atomic E-state index is -0.404. The number of likely N-dealkylation sites (tertiary alicyclic amines) is 1. The van der Waals surface area contributed by atoms with Crippen LogP contribution in [0, 0.1) is 5.92 Å². The molecule has 2 amide bonds. The van der Waals surface area contributed by atoms with Crippen LogP contribution in [0.2, 0.25) is 0 Å². The molecule has 136 valence electrons. The number of rotatable bonds is 6. The number of benzene rings is 1. The molecule has 1 aromatic heterocycles. The second-order valence-electron chi connectivity index (χ2n) is 6.47. The van der Waals surface area contributed by atoms with Crippen molar-refractivity contribution >= 4 is 11.8 Å². The molecule has 6 heteroatoms. The van der Waals surface area contributed by atoms with Gasteiger partial charge in [0.25, 0.3) is 0 Å². The Hall–Kier alpha value is -2.89. The fourth-order valence-electron chi connectivity index (χ4n) is 3.31. The van der Waals surface area contributed by atoms with Gasteiger partial charge >= 0.3 is 0 Å². The van der Waals surface area contributed by atoms with E-state index in [1.54, 1.807) is 36.3 Å². The first kappa shape index (κ1) is 17.9. The van der Waals surface area contributed by atoms with E-state index in [-0.39, 0.29) is 24.3 Å². The highest BCUT2D eigenvalue weighted by atomic mass is 16.5. The molecule has 0 saturated carbocycles. The Morgan fingerprint density at radius 3 is 2.73 bits per heavy atom. The number of hydrogen-bond donors (Lipinski definition) is 0. The third kappa shape index (κ3) is 3.85. The van der Waals surface area contributed by atoms with Crippen LogP contribution in [0.3, 0.4) is 0 Å². The Labute approximate surface area is 153 Å². The summed E-state index contributed by atoms with van der Waals surface area (Å²) in [6.45, 7) is 0.863. The number of carbonyl (C=O) groups excluding carboxylic acids is 2. The number of nitrogens with zero attached hydrogens (tertiary/aromatic N) is 3. The topological polar surface area (TPSA) is 62.7 Å². The van der Waals surface area contributed by atoms with Gasteiger partial charge in [-0.15, -0.1) is 0 Å². The zero-order valence-electron chi connectivity index (χ0n) is 15.0. The molecule has 2 atom stereocenters. The standard InChI is InChI=1S/C20H23N3O3/c1-22(11-12-26-16-8-4-3-5-9-16)20(25)17-13-18(24)23(2)19(17)15-7-6-10-21-14-15/h3-10,14,17,19H,11-13H2,1-2H3/t17-,19-/m0/s1. The van der Waals surface area contributed by atoms with Gasteiger partial charge in [0.15, 0.2) is 0 Å². The van der Waals surface area contributed by atoms with Crippen LogP contribution in [0.15, 0.2) is 54.9 Å². The molecule has 1 aliphatic heterocycles. The van der Waals surface area contributed by atoms with Gasteiger partial charge in [0.2, 0.25) is 11.8 Å². The molecule has 0 N–H and O–H groups in total. The summed E-state index contributed by atoms with van der Waals surface area (Å²) in [6, 6.07) is 13.0. The molecule has 0 radical (unpaired) electrons. The third-order valence-corrected chi connectivity index (χ3v) is 4.74. The summed E-state index contributed by atoms with van der Waals surface area (Å²) < 4.78 is 5.66. The van der Waals surface area contributed by atoms with Crippen molar-refractivity contribution in [3.63, 3.8) is 0 Å². The fraction of sp³-hybridized carbons (Fsp3) is 0.350. The maximum absolute atomic E-state index is 12.9. The van der Waals surface area contributed by atoms with Gasteiger partial charge in [0.05, 0.1) is 18.5 Å². The summed E-state index contributed by atoms with van der Waals surface area (Å²) in [7, 11) is 3.49. The predicted octanol–water partition coefficient (Wildman–Crippen LogP) is 2.14. The van der Waals surface area contributed by atoms with Gasteiger partial charge in [-0.25, -0.2) is 0 Å². The number of pyridine rings is 1. The fourth-order valence-corrected chi connectivity index (χ4v) is 3.31. The van der Waals surface area contributed by atoms with Crippen LogP contribution in [0.4, 0.5) is 0 Å². The summed E-state index contributed by atoms with van der Waals surface area (Å²) in [5, 5.41) is 0. The number of ether oxygens (including phenoxy) is 1. The van der Waals surface area contributed by atoms with Gasteiger partial charge in [-0.2, -0.15) is 0 Å². The maximum Gasteiger partial charge on any atom is 0.228 e. The molecule has 0 bridgehead atoms. The van der Waals surface area contributed by atoms with E-state index >= 15 is 0 Å². The first-order valence-electron chi connectivity index (χ1n) is 8.66. The second kappa shape index (κ2) is 7.99. The van der Waals surface area contributed by atoms with Crippen LogP contribution in [0.5, 0.6) is 5.75 Å². The maximum atomic E-state index is 12.9. The lowest BCUT2D eigenvalue weighted by atomic mass is 9.93. The van der Waals surface area contributed by atoms with Crippen molar-refractivity contribution in [1.29, 1.82) is 0 Å². The molecule has 2 aromatic rings. The number of amides is 2. The number of carbonyl (C=O) groups is 2. The van der Waals surface area contributed by atoms with Crippen molar-refractivity contribution in [1.82, 2.24) is 14.8 Å². The van der Waals surface area contributed by atoms with E-state index in [9.17, 15) is 9.59 Å². The molecule has 6 nitrogen and oxygen atoms in total. The average molecular weight is 353 g/mol. The first-order chi connectivity index (χ1) is 12.6. The molecule has 3 rings (SSSR count). The highest BCUT2D eigenvalue weighted by Gasteiger charge is 2.43. The predicted molar refractivity (Wildman–Crippen MR) is 97.4 cm³/mol. The smallest absolute Gasteiger partial charge is 0.228 e. The van der Waals surface area contributed by atoms with Crippen LogP contribution >= 0.6 is 0 Å². The summed E-state index contributed by atoms with van der Waals surface area (Å²) in [6.07, 6.45) is 3.63. The van der Waals surface area contributed by atoms with Crippen molar-refractivity contribution in [3.8, 4) is 5.75 Å². The largest absolute Gasteiger partial charge is 0.492 e. The first-order valence-corrected chi connectivity index (χ1v) is 8.66. The van der Waals surface area contributed by atoms with E-state index in [2.05, 4.69) is 4.98 Å². The molecular formula is C20H23N3O3. The van der Waals surface area contributed by atoms with Gasteiger partial charge in [-0.3, -0.25) is 14.6 Å². The van der Waals surface area contributed by atoms with E-state index in [1.807, 2.05) is 42.5 Å². The second-order valence-corrected chi connectivity index (χ2v) is 6.47. The molecular weight excluding hydrogens is 330 g/mol. The van der Waals surface area contributed by atoms with Crippen molar-refractivity contribution < 1.29 is 14.3 Å². The van der Waals surface area contributed by atoms with Crippen molar-refractivity contribution in [2.75, 3.05) is 27.2 Å². The van der Waals surface area contributed by atoms with Gasteiger partial charge < -0.3 is 14.5 Å². The van der Waals surface area contributed by atoms with Gasteiger partial charge in [0, 0.05) is 32.9 Å². The average Bonchev–Trinajstić information content (AvgIpc) is 2.97. The summed E-state index contributed by atoms with van der Waals surface area (Å²) in [5.41, 5.74) is 0.883. The molecule has 1 fully saturated rings. The normalized spacial score (nSPS) is 19.5. The Morgan fingerprint density at radius 1 is 1.27 bits per heavy atom. The number of para-hydroxylation sites is 1. The van der Waals surface area contributed by atoms with Gasteiger partial charge in [-0.1, -0.05) is 24.3 Å². The quantitative estimate of drug-likeness (QED) is 0.798. The SMILES string of the molecule is CN(CCOc1ccccc1)C(=O)[C@H]1CC(=O)N(C)[C@H]1c1cccnc1. The molecule has 1 aromatic carbocycles. The number of hydrogen-bond acceptors (Lipinski definition) is 4. The lowest BCUT2D eigenvalue weighted by Crippen LogP contribution is -2.38. The minimum absolute atomic E-state index is 0.0221. The monoisotopic (exact) mass is 353 g/mol. The molecule has 1 aliphatic rings. The summed E-state index contributed by atoms with van der Waals surface area (Å²) >= 11 is 0. The number of aromatic nitrogens is 1. The Morgan fingerprint density at radius 2 is 2.04 bits per heavy atom. The van der Waals surface area contributed by atoms with E-state index in [0.717, 1.165) is 11.3 Å². The molecule has 26 heavy (non-hydrogen) atoms. The molecule has 2 heterocycles. The van der Waals surface area contributed by atoms with Crippen LogP contribution in [0.1, 0.15) is 18.0 Å². The van der Waals surface area contributed by atoms with Crippen LogP contribution in [-0.4, -0.2) is 53.8 Å². The van der Waals surface area contributed by atoms with Crippen LogP contribution < -0.4 is 4.74 Å². The third-order valence-electron chi connectivity index (χ3n) is 4.74. The number of likely N-dealkylation sites (N-methyl/N-ethyl adjacent to an activating group) is 1. The Kier molecular flexibility index (Phi) is 5.51. The van der Waals surface area contributed by atoms with E-state index in [0.29, 0.717) is 13.2 Å². The molecule has 0 aliphatic carbocycles. The van der Waals surface area contributed by atoms with Crippen molar-refractivity contribution in [2.24, 2.45) is 5.92 Å². The van der Waals surface area contributed by atoms with E-state index in [1.165, 1.54) is 0 Å². The van der Waals surface area contributed by atoms with E-state index in [4.69, 9.17) is 4.74 Å². The van der Waals surface area contributed by atoms with Crippen LogP contribution in [0.25, 0.3) is 0 Å². The minimum Gasteiger partial charge on any atom is -0.492 e. The van der Waals surface area contributed by atoms with Crippen molar-refractivity contribution in [2.45, 2.75) is 12.5 Å². The lowest BCUT2D eigenvalue weighted by molar-refractivity contribution is -0.135. The van der Waals surface area contributed by atoms with Gasteiger partial charge in [-0.05, 0) is 23.8 Å². The highest BCUT2D eigenvalue weighted by molar-refractivity contribution is 5.90. The van der Waals surface area contributed by atoms with Gasteiger partial charge in [0.1, 0.15) is 12.4 Å². The molecule has 0 spiro atoms. The Balaban J connectivity index is 1.64. The summed E-state index contributed by atoms with van der Waals surface area (Å²) in [5.74, 6) is 0.301. The van der Waals surface area contributed by atoms with Crippen molar-refractivity contribution in [3.05, 3.63) is 60.4 Å². The summed E-state index contributed by atoms with van der Waals surface area (Å²) in [4.78, 5) is 32.6. The highest BCUT2D eigenvalue weighted by Crippen LogP contribution is 2.37. The molecule has 1 saturated heterocycles. The van der Waals surface area contributed by atoms with E-state index < -0.39 is 5.92 Å². The van der Waals surface area contributed by atoms with Crippen LogP contribution in [-0.2, 0) is 9.59 Å².